The number of hydrogen-bond donors (Lipinski definition) is 0. The van der Waals surface area contributed by atoms with Crippen molar-refractivity contribution in [3.05, 3.63) is 17.9 Å². The third-order valence-electron chi connectivity index (χ3n) is 6.71. The van der Waals surface area contributed by atoms with Crippen molar-refractivity contribution in [3.8, 4) is 0 Å². The molecule has 0 amide bonds. The molecule has 23 heavy (non-hydrogen) atoms. The van der Waals surface area contributed by atoms with E-state index in [0.29, 0.717) is 30.5 Å². The third-order valence-corrected chi connectivity index (χ3v) is 6.71. The summed E-state index contributed by atoms with van der Waals surface area (Å²) in [4.78, 5) is 36.3. The van der Waals surface area contributed by atoms with Crippen molar-refractivity contribution in [2.45, 2.75) is 58.8 Å². The van der Waals surface area contributed by atoms with Crippen molar-refractivity contribution in [3.63, 3.8) is 0 Å². The Morgan fingerprint density at radius 1 is 1.22 bits per heavy atom. The molecule has 5 atom stereocenters. The zero-order valence-corrected chi connectivity index (χ0v) is 14.1. The lowest BCUT2D eigenvalue weighted by molar-refractivity contribution is -0.133. The van der Waals surface area contributed by atoms with Crippen LogP contribution in [0.2, 0.25) is 0 Å². The van der Waals surface area contributed by atoms with Crippen LogP contribution in [-0.2, 0) is 14.4 Å². The Labute approximate surface area is 138 Å². The highest BCUT2D eigenvalue weighted by atomic mass is 16.1. The molecule has 0 aliphatic heterocycles. The Balaban J connectivity index is 1.92. The molecule has 3 aliphatic rings. The molecule has 0 aromatic carbocycles. The van der Waals surface area contributed by atoms with Crippen molar-refractivity contribution in [2.24, 2.45) is 29.1 Å². The van der Waals surface area contributed by atoms with Crippen LogP contribution in [0, 0.1) is 29.1 Å². The van der Waals surface area contributed by atoms with Crippen LogP contribution in [0.5, 0.6) is 0 Å². The maximum Gasteiger partial charge on any atom is 0.163 e. The van der Waals surface area contributed by atoms with E-state index < -0.39 is 0 Å². The van der Waals surface area contributed by atoms with Gasteiger partial charge >= 0.3 is 0 Å². The van der Waals surface area contributed by atoms with Crippen molar-refractivity contribution in [1.82, 2.24) is 0 Å². The van der Waals surface area contributed by atoms with E-state index in [1.807, 2.05) is 6.08 Å². The summed E-state index contributed by atoms with van der Waals surface area (Å²) in [7, 11) is 0. The van der Waals surface area contributed by atoms with Gasteiger partial charge < -0.3 is 0 Å². The van der Waals surface area contributed by atoms with Crippen LogP contribution in [0.3, 0.4) is 0 Å². The van der Waals surface area contributed by atoms with Gasteiger partial charge in [0.25, 0.3) is 0 Å². The topological polar surface area (TPSA) is 51.2 Å². The molecule has 3 rings (SSSR count). The molecule has 0 radical (unpaired) electrons. The maximum absolute atomic E-state index is 12.7. The predicted molar refractivity (Wildman–Crippen MR) is 87.7 cm³/mol. The van der Waals surface area contributed by atoms with Gasteiger partial charge in [0, 0.05) is 30.8 Å². The fraction of sp³-hybridized carbons (Fsp3) is 0.700. The summed E-state index contributed by atoms with van der Waals surface area (Å²) >= 11 is 0. The SMILES string of the molecule is CC(=O)[C@H]1CC[C@H]2[C@@H]3CC=C=CC(=O)CCC(=O)[C@H]3CC[C@]12C. The summed E-state index contributed by atoms with van der Waals surface area (Å²) < 4.78 is 0. The molecule has 3 heteroatoms. The largest absolute Gasteiger partial charge is 0.300 e. The second-order valence-corrected chi connectivity index (χ2v) is 7.85. The van der Waals surface area contributed by atoms with Gasteiger partial charge in [0.05, 0.1) is 0 Å². The van der Waals surface area contributed by atoms with Gasteiger partial charge in [-0.05, 0) is 62.4 Å². The van der Waals surface area contributed by atoms with Gasteiger partial charge in [-0.1, -0.05) is 6.92 Å². The molecular formula is C20H26O3. The monoisotopic (exact) mass is 314 g/mol. The fourth-order valence-electron chi connectivity index (χ4n) is 5.54. The molecule has 0 saturated heterocycles. The molecule has 0 unspecified atom stereocenters. The van der Waals surface area contributed by atoms with Crippen LogP contribution in [0.15, 0.2) is 17.9 Å². The number of carbonyl (C=O) groups excluding carboxylic acids is 3. The molecular weight excluding hydrogens is 288 g/mol. The summed E-state index contributed by atoms with van der Waals surface area (Å²) in [6.07, 6.45) is 8.71. The molecule has 3 nitrogen and oxygen atoms in total. The first kappa shape index (κ1) is 16.4. The molecule has 2 fully saturated rings. The Kier molecular flexibility index (Phi) is 4.42. The number of fused-ring (bicyclic) bond motifs is 3. The number of rotatable bonds is 1. The van der Waals surface area contributed by atoms with Crippen LogP contribution in [0.4, 0.5) is 0 Å². The van der Waals surface area contributed by atoms with E-state index in [-0.39, 0.29) is 28.8 Å². The molecule has 0 aromatic rings. The zero-order chi connectivity index (χ0) is 16.6. The molecule has 2 saturated carbocycles. The summed E-state index contributed by atoms with van der Waals surface area (Å²) in [5.41, 5.74) is 3.05. The van der Waals surface area contributed by atoms with Gasteiger partial charge in [-0.25, -0.2) is 0 Å². The number of hydrogen-bond acceptors (Lipinski definition) is 3. The fourth-order valence-corrected chi connectivity index (χ4v) is 5.54. The van der Waals surface area contributed by atoms with Gasteiger partial charge in [0.1, 0.15) is 11.6 Å². The Morgan fingerprint density at radius 3 is 2.74 bits per heavy atom. The van der Waals surface area contributed by atoms with Gasteiger partial charge in [0.2, 0.25) is 0 Å². The Hall–Kier alpha value is -1.47. The maximum atomic E-state index is 12.7. The number of carbonyl (C=O) groups is 3. The van der Waals surface area contributed by atoms with Gasteiger partial charge in [-0.2, -0.15) is 0 Å². The lowest BCUT2D eigenvalue weighted by Crippen LogP contribution is -2.45. The summed E-state index contributed by atoms with van der Waals surface area (Å²) in [5, 5.41) is 0. The van der Waals surface area contributed by atoms with Crippen LogP contribution in [-0.4, -0.2) is 17.3 Å². The van der Waals surface area contributed by atoms with E-state index in [1.54, 1.807) is 6.92 Å². The predicted octanol–water partition coefficient (Wildman–Crippen LogP) is 3.67. The highest BCUT2D eigenvalue weighted by Crippen LogP contribution is 2.60. The zero-order valence-electron chi connectivity index (χ0n) is 14.1. The lowest BCUT2D eigenvalue weighted by atomic mass is 9.56. The molecule has 3 aliphatic carbocycles. The van der Waals surface area contributed by atoms with Crippen molar-refractivity contribution in [1.29, 1.82) is 0 Å². The first-order valence-electron chi connectivity index (χ1n) is 8.90. The van der Waals surface area contributed by atoms with E-state index in [2.05, 4.69) is 12.7 Å². The minimum Gasteiger partial charge on any atom is -0.300 e. The quantitative estimate of drug-likeness (QED) is 0.694. The van der Waals surface area contributed by atoms with Crippen LogP contribution in [0.1, 0.15) is 58.8 Å². The smallest absolute Gasteiger partial charge is 0.163 e. The van der Waals surface area contributed by atoms with Gasteiger partial charge in [0.15, 0.2) is 5.78 Å². The standard InChI is InChI=1S/C20H26O3/c1-13(21)17-8-9-18-15-6-4-3-5-14(22)7-10-19(23)16(15)11-12-20(17,18)2/h4-5,15-18H,6-12H2,1-2H3/t3?,15-,16+,17-,18+,20-/m1/s1. The summed E-state index contributed by atoms with van der Waals surface area (Å²) in [6, 6.07) is 0. The van der Waals surface area contributed by atoms with Crippen LogP contribution < -0.4 is 0 Å². The number of allylic oxidation sites excluding steroid dienone is 1. The molecule has 0 bridgehead atoms. The average Bonchev–Trinajstić information content (AvgIpc) is 2.86. The van der Waals surface area contributed by atoms with Crippen molar-refractivity contribution >= 4 is 17.3 Å². The number of ketones is 3. The highest BCUT2D eigenvalue weighted by Gasteiger charge is 2.55. The molecule has 124 valence electrons. The lowest BCUT2D eigenvalue weighted by Gasteiger charge is -2.47. The van der Waals surface area contributed by atoms with E-state index in [1.165, 1.54) is 6.08 Å². The summed E-state index contributed by atoms with van der Waals surface area (Å²) in [5.74, 6) is 1.50. The normalized spacial score (nSPS) is 40.6. The minimum absolute atomic E-state index is 0.00814. The van der Waals surface area contributed by atoms with Crippen molar-refractivity contribution < 1.29 is 14.4 Å². The van der Waals surface area contributed by atoms with Crippen LogP contribution >= 0.6 is 0 Å². The Bertz CT molecular complexity index is 596. The molecule has 0 heterocycles. The number of Topliss-reactive ketones (excluding diaryl/α,β-unsaturated/α-hetero) is 2. The van der Waals surface area contributed by atoms with E-state index in [9.17, 15) is 14.4 Å². The second-order valence-electron chi connectivity index (χ2n) is 7.85. The average molecular weight is 314 g/mol. The molecule has 0 N–H and O–H groups in total. The van der Waals surface area contributed by atoms with Crippen LogP contribution in [0.25, 0.3) is 0 Å². The minimum atomic E-state index is -0.00814. The van der Waals surface area contributed by atoms with E-state index in [4.69, 9.17) is 0 Å². The molecule has 0 aromatic heterocycles. The Morgan fingerprint density at radius 2 is 2.00 bits per heavy atom. The highest BCUT2D eigenvalue weighted by molar-refractivity contribution is 5.93. The van der Waals surface area contributed by atoms with E-state index in [0.717, 1.165) is 32.1 Å². The first-order valence-corrected chi connectivity index (χ1v) is 8.90. The van der Waals surface area contributed by atoms with Gasteiger partial charge in [-0.15, -0.1) is 5.73 Å². The van der Waals surface area contributed by atoms with E-state index >= 15 is 0 Å². The van der Waals surface area contributed by atoms with Gasteiger partial charge in [-0.3, -0.25) is 14.4 Å². The first-order chi connectivity index (χ1) is 10.9. The molecule has 0 spiro atoms. The summed E-state index contributed by atoms with van der Waals surface area (Å²) in [6.45, 7) is 3.98. The second kappa shape index (κ2) is 6.20. The third kappa shape index (κ3) is 2.87. The van der Waals surface area contributed by atoms with Crippen molar-refractivity contribution in [2.75, 3.05) is 0 Å².